The van der Waals surface area contributed by atoms with E-state index in [-0.39, 0.29) is 29.7 Å². The number of hydrogen-bond donors (Lipinski definition) is 2. The highest BCUT2D eigenvalue weighted by Gasteiger charge is 2.19. The molecule has 0 heterocycles. The summed E-state index contributed by atoms with van der Waals surface area (Å²) in [5.41, 5.74) is 0. The number of nitrogens with zero attached hydrogens (tertiary/aromatic N) is 1. The van der Waals surface area contributed by atoms with Crippen molar-refractivity contribution in [2.75, 3.05) is 19.3 Å². The van der Waals surface area contributed by atoms with Gasteiger partial charge in [-0.05, 0) is 55.9 Å². The van der Waals surface area contributed by atoms with E-state index in [1.807, 2.05) is 0 Å². The molecule has 1 saturated carbocycles. The molecule has 0 saturated heterocycles. The van der Waals surface area contributed by atoms with Crippen LogP contribution in [0, 0.1) is 5.92 Å². The quantitative estimate of drug-likeness (QED) is 0.338. The average Bonchev–Trinajstić information content (AvgIpc) is 2.56. The number of aliphatic imine (C=N–C) groups is 1. The Hall–Kier alpha value is -0.350. The van der Waals surface area contributed by atoms with Crippen molar-refractivity contribution >= 4 is 55.7 Å². The van der Waals surface area contributed by atoms with Gasteiger partial charge in [0, 0.05) is 24.1 Å². The van der Waals surface area contributed by atoms with Gasteiger partial charge >= 0.3 is 0 Å². The molecule has 1 fully saturated rings. The average molecular weight is 544 g/mol. The molecule has 0 bridgehead atoms. The number of nitrogens with one attached hydrogen (secondary N) is 2. The van der Waals surface area contributed by atoms with Gasteiger partial charge in [-0.3, -0.25) is 4.99 Å². The Bertz CT molecular complexity index is 657. The largest absolute Gasteiger partial charge is 0.355 e. The fourth-order valence-electron chi connectivity index (χ4n) is 2.86. The topological polar surface area (TPSA) is 70.6 Å². The summed E-state index contributed by atoms with van der Waals surface area (Å²) in [6.45, 7) is 2.62. The third-order valence-corrected chi connectivity index (χ3v) is 6.68. The number of hydrogen-bond acceptors (Lipinski definition) is 3. The molecule has 0 amide bonds. The van der Waals surface area contributed by atoms with E-state index in [1.165, 1.54) is 12.8 Å². The monoisotopic (exact) mass is 543 g/mol. The number of sulfone groups is 1. The van der Waals surface area contributed by atoms with Crippen molar-refractivity contribution in [3.63, 3.8) is 0 Å². The Morgan fingerprint density at radius 3 is 2.36 bits per heavy atom. The molecule has 0 aliphatic heterocycles. The lowest BCUT2D eigenvalue weighted by atomic mass is 9.87. The van der Waals surface area contributed by atoms with Gasteiger partial charge in [0.1, 0.15) is 0 Å². The summed E-state index contributed by atoms with van der Waals surface area (Å²) in [5, 5.41) is 6.51. The van der Waals surface area contributed by atoms with Crippen LogP contribution in [0.5, 0.6) is 0 Å². The van der Waals surface area contributed by atoms with Crippen LogP contribution in [0.2, 0.25) is 0 Å². The van der Waals surface area contributed by atoms with E-state index in [1.54, 1.807) is 31.3 Å². The molecule has 0 spiro atoms. The van der Waals surface area contributed by atoms with E-state index < -0.39 is 9.84 Å². The van der Waals surface area contributed by atoms with Crippen LogP contribution in [0.3, 0.4) is 0 Å². The second kappa shape index (κ2) is 10.7. The van der Waals surface area contributed by atoms with Crippen LogP contribution < -0.4 is 10.6 Å². The van der Waals surface area contributed by atoms with Gasteiger partial charge in [0.05, 0.1) is 10.6 Å². The predicted molar refractivity (Wildman–Crippen MR) is 118 cm³/mol. The van der Waals surface area contributed by atoms with E-state index in [9.17, 15) is 8.42 Å². The number of halogens is 2. The second-order valence-corrected chi connectivity index (χ2v) is 9.40. The van der Waals surface area contributed by atoms with Crippen molar-refractivity contribution < 1.29 is 8.42 Å². The molecule has 1 aliphatic carbocycles. The minimum absolute atomic E-state index is 0. The number of benzene rings is 1. The minimum Gasteiger partial charge on any atom is -0.355 e. The summed E-state index contributed by atoms with van der Waals surface area (Å²) < 4.78 is 25.5. The summed E-state index contributed by atoms with van der Waals surface area (Å²) >= 11 is 3.31. The van der Waals surface area contributed by atoms with Gasteiger partial charge in [-0.15, -0.1) is 24.0 Å². The molecule has 1 aromatic rings. The van der Waals surface area contributed by atoms with Crippen molar-refractivity contribution in [2.45, 2.75) is 43.5 Å². The van der Waals surface area contributed by atoms with Gasteiger partial charge in [-0.25, -0.2) is 8.42 Å². The molecule has 2 N–H and O–H groups in total. The molecule has 5 nitrogen and oxygen atoms in total. The van der Waals surface area contributed by atoms with Gasteiger partial charge < -0.3 is 10.6 Å². The SMILES string of the molecule is CN=C(NCCS(=O)(=O)c1ccc(Br)cc1)NC1CCC(C)CC1.I. The molecule has 0 atom stereocenters. The molecular weight excluding hydrogens is 517 g/mol. The van der Waals surface area contributed by atoms with Crippen molar-refractivity contribution in [3.8, 4) is 0 Å². The molecule has 8 heteroatoms. The van der Waals surface area contributed by atoms with Gasteiger partial charge in [0.2, 0.25) is 0 Å². The van der Waals surface area contributed by atoms with E-state index >= 15 is 0 Å². The maximum Gasteiger partial charge on any atom is 0.191 e. The molecule has 1 aromatic carbocycles. The maximum absolute atomic E-state index is 12.3. The molecule has 25 heavy (non-hydrogen) atoms. The van der Waals surface area contributed by atoms with Crippen molar-refractivity contribution in [1.29, 1.82) is 0 Å². The lowest BCUT2D eigenvalue weighted by Gasteiger charge is -2.28. The Balaban J connectivity index is 0.00000312. The van der Waals surface area contributed by atoms with Crippen LogP contribution in [0.25, 0.3) is 0 Å². The fourth-order valence-corrected chi connectivity index (χ4v) is 4.28. The highest BCUT2D eigenvalue weighted by molar-refractivity contribution is 14.0. The zero-order valence-corrected chi connectivity index (χ0v) is 19.4. The van der Waals surface area contributed by atoms with Crippen LogP contribution in [0.1, 0.15) is 32.6 Å². The first kappa shape index (κ1) is 22.7. The third kappa shape index (κ3) is 7.42. The number of rotatable bonds is 5. The fraction of sp³-hybridized carbons (Fsp3) is 0.588. The Morgan fingerprint density at radius 2 is 1.80 bits per heavy atom. The summed E-state index contributed by atoms with van der Waals surface area (Å²) in [6.07, 6.45) is 4.73. The van der Waals surface area contributed by atoms with E-state index in [0.717, 1.165) is 23.2 Å². The molecule has 142 valence electrons. The van der Waals surface area contributed by atoms with Crippen LogP contribution >= 0.6 is 39.9 Å². The lowest BCUT2D eigenvalue weighted by molar-refractivity contribution is 0.329. The molecule has 2 rings (SSSR count). The van der Waals surface area contributed by atoms with Crippen LogP contribution in [0.15, 0.2) is 38.6 Å². The van der Waals surface area contributed by atoms with Crippen molar-refractivity contribution in [2.24, 2.45) is 10.9 Å². The zero-order valence-electron chi connectivity index (χ0n) is 14.7. The van der Waals surface area contributed by atoms with Gasteiger partial charge in [0.15, 0.2) is 15.8 Å². The highest BCUT2D eigenvalue weighted by atomic mass is 127. The maximum atomic E-state index is 12.3. The van der Waals surface area contributed by atoms with Crippen LogP contribution in [0.4, 0.5) is 0 Å². The van der Waals surface area contributed by atoms with Gasteiger partial charge in [-0.2, -0.15) is 0 Å². The van der Waals surface area contributed by atoms with E-state index in [0.29, 0.717) is 23.4 Å². The summed E-state index contributed by atoms with van der Waals surface area (Å²) in [6, 6.07) is 7.15. The minimum atomic E-state index is -3.29. The first-order valence-electron chi connectivity index (χ1n) is 8.36. The molecule has 0 radical (unpaired) electrons. The summed E-state index contributed by atoms with van der Waals surface area (Å²) in [7, 11) is -1.58. The first-order chi connectivity index (χ1) is 11.4. The Labute approximate surface area is 176 Å². The normalized spacial score (nSPS) is 21.3. The predicted octanol–water partition coefficient (Wildman–Crippen LogP) is 3.58. The summed E-state index contributed by atoms with van der Waals surface area (Å²) in [5.74, 6) is 1.52. The van der Waals surface area contributed by atoms with Crippen molar-refractivity contribution in [1.82, 2.24) is 10.6 Å². The third-order valence-electron chi connectivity index (χ3n) is 4.42. The Morgan fingerprint density at radius 1 is 1.20 bits per heavy atom. The molecular formula is C17H27BrIN3O2S. The second-order valence-electron chi connectivity index (χ2n) is 6.37. The standard InChI is InChI=1S/C17H26BrN3O2S.HI/c1-13-3-7-15(8-4-13)21-17(19-2)20-11-12-24(22,23)16-9-5-14(18)6-10-16;/h5-6,9-10,13,15H,3-4,7-8,11-12H2,1-2H3,(H2,19,20,21);1H. The highest BCUT2D eigenvalue weighted by Crippen LogP contribution is 2.23. The van der Waals surface area contributed by atoms with E-state index in [4.69, 9.17) is 0 Å². The lowest BCUT2D eigenvalue weighted by Crippen LogP contribution is -2.45. The van der Waals surface area contributed by atoms with E-state index in [2.05, 4.69) is 38.5 Å². The summed E-state index contributed by atoms with van der Waals surface area (Å²) in [4.78, 5) is 4.54. The smallest absolute Gasteiger partial charge is 0.191 e. The van der Waals surface area contributed by atoms with Gasteiger partial charge in [0.25, 0.3) is 0 Å². The van der Waals surface area contributed by atoms with Crippen LogP contribution in [-0.2, 0) is 9.84 Å². The first-order valence-corrected chi connectivity index (χ1v) is 10.8. The van der Waals surface area contributed by atoms with Gasteiger partial charge in [-0.1, -0.05) is 22.9 Å². The Kier molecular flexibility index (Phi) is 9.73. The molecule has 1 aliphatic rings. The van der Waals surface area contributed by atoms with Crippen LogP contribution in [-0.4, -0.2) is 39.8 Å². The molecule has 0 aromatic heterocycles. The zero-order chi connectivity index (χ0) is 17.6. The molecule has 0 unspecified atom stereocenters. The van der Waals surface area contributed by atoms with Crippen molar-refractivity contribution in [3.05, 3.63) is 28.7 Å². The number of guanidine groups is 1.